The lowest BCUT2D eigenvalue weighted by atomic mass is 10.2. The third-order valence-corrected chi connectivity index (χ3v) is 3.85. The summed E-state index contributed by atoms with van der Waals surface area (Å²) in [5, 5.41) is 6.91. The minimum absolute atomic E-state index is 0.164. The number of rotatable bonds is 4. The maximum atomic E-state index is 13.7. The molecule has 0 saturated heterocycles. The van der Waals surface area contributed by atoms with Crippen LogP contribution in [0.4, 0.5) is 14.5 Å². The van der Waals surface area contributed by atoms with E-state index in [9.17, 15) is 13.6 Å². The molecule has 3 heterocycles. The second kappa shape index (κ2) is 6.83. The average molecular weight is 365 g/mol. The molecule has 0 aliphatic carbocycles. The van der Waals surface area contributed by atoms with Gasteiger partial charge in [0.15, 0.2) is 5.82 Å². The van der Waals surface area contributed by atoms with Gasteiger partial charge in [0, 0.05) is 24.7 Å². The highest BCUT2D eigenvalue weighted by molar-refractivity contribution is 6.06. The Morgan fingerprint density at radius 2 is 1.74 bits per heavy atom. The maximum absolute atomic E-state index is 13.7. The monoisotopic (exact) mass is 365 g/mol. The number of amides is 1. The summed E-state index contributed by atoms with van der Waals surface area (Å²) in [6.07, 6.45) is 7.88. The van der Waals surface area contributed by atoms with Crippen molar-refractivity contribution in [3.63, 3.8) is 0 Å². The van der Waals surface area contributed by atoms with Gasteiger partial charge in [-0.05, 0) is 36.4 Å². The zero-order valence-electron chi connectivity index (χ0n) is 13.9. The van der Waals surface area contributed by atoms with Crippen LogP contribution >= 0.6 is 0 Å². The first-order valence-electron chi connectivity index (χ1n) is 8.01. The minimum Gasteiger partial charge on any atom is -0.320 e. The molecular formula is C19H13F2N5O. The van der Waals surface area contributed by atoms with Crippen LogP contribution in [0.15, 0.2) is 73.4 Å². The molecule has 6 nitrogen and oxygen atoms in total. The van der Waals surface area contributed by atoms with Gasteiger partial charge in [-0.2, -0.15) is 5.10 Å². The van der Waals surface area contributed by atoms with Crippen molar-refractivity contribution >= 4 is 11.6 Å². The number of pyridine rings is 1. The smallest absolute Gasteiger partial charge is 0.261 e. The van der Waals surface area contributed by atoms with E-state index in [2.05, 4.69) is 15.4 Å². The summed E-state index contributed by atoms with van der Waals surface area (Å²) in [6, 6.07) is 10.0. The molecule has 4 rings (SSSR count). The second-order valence-electron chi connectivity index (χ2n) is 5.71. The summed E-state index contributed by atoms with van der Waals surface area (Å²) in [5.41, 5.74) is 0.918. The fourth-order valence-corrected chi connectivity index (χ4v) is 2.71. The number of halogens is 2. The number of nitrogens with zero attached hydrogens (tertiary/aromatic N) is 4. The zero-order chi connectivity index (χ0) is 18.8. The molecule has 134 valence electrons. The number of aromatic nitrogens is 4. The third-order valence-electron chi connectivity index (χ3n) is 3.85. The Hall–Kier alpha value is -3.81. The first-order valence-corrected chi connectivity index (χ1v) is 8.01. The molecule has 0 aliphatic heterocycles. The molecule has 0 radical (unpaired) electrons. The van der Waals surface area contributed by atoms with Gasteiger partial charge in [-0.1, -0.05) is 0 Å². The van der Waals surface area contributed by atoms with Crippen molar-refractivity contribution in [2.24, 2.45) is 0 Å². The van der Waals surface area contributed by atoms with Crippen molar-refractivity contribution in [2.45, 2.75) is 0 Å². The maximum Gasteiger partial charge on any atom is 0.261 e. The predicted molar refractivity (Wildman–Crippen MR) is 95.0 cm³/mol. The van der Waals surface area contributed by atoms with Crippen LogP contribution in [0.25, 0.3) is 11.5 Å². The van der Waals surface area contributed by atoms with Crippen molar-refractivity contribution in [3.8, 4) is 11.5 Å². The van der Waals surface area contributed by atoms with Gasteiger partial charge in [0.2, 0.25) is 0 Å². The van der Waals surface area contributed by atoms with Crippen molar-refractivity contribution in [2.75, 3.05) is 5.32 Å². The van der Waals surface area contributed by atoms with Crippen LogP contribution in [0.5, 0.6) is 0 Å². The summed E-state index contributed by atoms with van der Waals surface area (Å²) in [7, 11) is 0. The highest BCUT2D eigenvalue weighted by Gasteiger charge is 2.20. The van der Waals surface area contributed by atoms with Crippen LogP contribution in [0, 0.1) is 11.6 Å². The van der Waals surface area contributed by atoms with E-state index < -0.39 is 17.5 Å². The summed E-state index contributed by atoms with van der Waals surface area (Å²) in [6.45, 7) is 0. The molecular weight excluding hydrogens is 352 g/mol. The molecule has 0 aliphatic rings. The molecule has 0 bridgehead atoms. The highest BCUT2D eigenvalue weighted by Crippen LogP contribution is 2.22. The van der Waals surface area contributed by atoms with Gasteiger partial charge >= 0.3 is 0 Å². The molecule has 0 atom stereocenters. The van der Waals surface area contributed by atoms with E-state index in [1.165, 1.54) is 17.1 Å². The van der Waals surface area contributed by atoms with Gasteiger partial charge in [-0.15, -0.1) is 0 Å². The van der Waals surface area contributed by atoms with Crippen LogP contribution < -0.4 is 5.32 Å². The zero-order valence-corrected chi connectivity index (χ0v) is 13.9. The van der Waals surface area contributed by atoms with E-state index in [-0.39, 0.29) is 11.3 Å². The standard InChI is InChI=1S/C19H13F2N5O/c20-13-8-14(21)10-16(9-13)26-19(25-6-1-2-7-25)17(12-23-26)18(27)24-15-4-3-5-22-11-15/h1-12H,(H,24,27). The van der Waals surface area contributed by atoms with E-state index in [1.54, 1.807) is 47.4 Å². The Morgan fingerprint density at radius 1 is 1.00 bits per heavy atom. The van der Waals surface area contributed by atoms with E-state index in [0.717, 1.165) is 18.2 Å². The molecule has 1 amide bonds. The second-order valence-corrected chi connectivity index (χ2v) is 5.71. The minimum atomic E-state index is -0.736. The average Bonchev–Trinajstić information content (AvgIpc) is 3.31. The molecule has 0 fully saturated rings. The van der Waals surface area contributed by atoms with E-state index in [1.807, 2.05) is 0 Å². The quantitative estimate of drug-likeness (QED) is 0.601. The van der Waals surface area contributed by atoms with Gasteiger partial charge in [-0.3, -0.25) is 9.78 Å². The Labute approximate surface area is 152 Å². The number of benzene rings is 1. The van der Waals surface area contributed by atoms with Crippen molar-refractivity contribution in [1.29, 1.82) is 0 Å². The van der Waals surface area contributed by atoms with Crippen LogP contribution in [-0.2, 0) is 0 Å². The summed E-state index contributed by atoms with van der Waals surface area (Å²) in [4.78, 5) is 16.7. The number of carbonyl (C=O) groups is 1. The highest BCUT2D eigenvalue weighted by atomic mass is 19.1. The van der Waals surface area contributed by atoms with E-state index in [4.69, 9.17) is 0 Å². The number of nitrogens with one attached hydrogen (secondary N) is 1. The lowest BCUT2D eigenvalue weighted by Gasteiger charge is -2.11. The van der Waals surface area contributed by atoms with Gasteiger partial charge in [0.05, 0.1) is 23.8 Å². The largest absolute Gasteiger partial charge is 0.320 e. The first kappa shape index (κ1) is 16.6. The molecule has 27 heavy (non-hydrogen) atoms. The summed E-state index contributed by atoms with van der Waals surface area (Å²) < 4.78 is 30.3. The molecule has 0 saturated carbocycles. The lowest BCUT2D eigenvalue weighted by molar-refractivity contribution is 0.102. The topological polar surface area (TPSA) is 64.7 Å². The van der Waals surface area contributed by atoms with E-state index >= 15 is 0 Å². The molecule has 1 aromatic carbocycles. The van der Waals surface area contributed by atoms with Crippen molar-refractivity contribution in [3.05, 3.63) is 90.6 Å². The fourth-order valence-electron chi connectivity index (χ4n) is 2.71. The van der Waals surface area contributed by atoms with Crippen LogP contribution in [0.1, 0.15) is 10.4 Å². The number of hydrogen-bond acceptors (Lipinski definition) is 3. The molecule has 0 unspecified atom stereocenters. The molecule has 4 aromatic rings. The van der Waals surface area contributed by atoms with Crippen LogP contribution in [-0.4, -0.2) is 25.2 Å². The predicted octanol–water partition coefficient (Wildman–Crippen LogP) is 3.59. The summed E-state index contributed by atoms with van der Waals surface area (Å²) in [5.74, 6) is -1.54. The molecule has 1 N–H and O–H groups in total. The van der Waals surface area contributed by atoms with Crippen LogP contribution in [0.2, 0.25) is 0 Å². The van der Waals surface area contributed by atoms with E-state index in [0.29, 0.717) is 11.5 Å². The Kier molecular flexibility index (Phi) is 4.21. The Bertz CT molecular complexity index is 1070. The van der Waals surface area contributed by atoms with Gasteiger partial charge < -0.3 is 9.88 Å². The van der Waals surface area contributed by atoms with Gasteiger partial charge in [0.1, 0.15) is 17.2 Å². The van der Waals surface area contributed by atoms with Crippen molar-refractivity contribution < 1.29 is 13.6 Å². The van der Waals surface area contributed by atoms with Gasteiger partial charge in [-0.25, -0.2) is 13.5 Å². The summed E-state index contributed by atoms with van der Waals surface area (Å²) >= 11 is 0. The molecule has 3 aromatic heterocycles. The van der Waals surface area contributed by atoms with Crippen LogP contribution in [0.3, 0.4) is 0 Å². The SMILES string of the molecule is O=C(Nc1cccnc1)c1cnn(-c2cc(F)cc(F)c2)c1-n1cccc1. The number of carbonyl (C=O) groups excluding carboxylic acids is 1. The van der Waals surface area contributed by atoms with Crippen molar-refractivity contribution in [1.82, 2.24) is 19.3 Å². The number of anilines is 1. The Morgan fingerprint density at radius 3 is 2.41 bits per heavy atom. The molecule has 8 heteroatoms. The normalized spacial score (nSPS) is 10.7. The Balaban J connectivity index is 1.81. The third kappa shape index (κ3) is 3.32. The first-order chi connectivity index (χ1) is 13.1. The van der Waals surface area contributed by atoms with Gasteiger partial charge in [0.25, 0.3) is 5.91 Å². The fraction of sp³-hybridized carbons (Fsp3) is 0. The number of hydrogen-bond donors (Lipinski definition) is 1. The molecule has 0 spiro atoms. The lowest BCUT2D eigenvalue weighted by Crippen LogP contribution is -2.15.